The van der Waals surface area contributed by atoms with Crippen molar-refractivity contribution >= 4 is 0 Å². The lowest BCUT2D eigenvalue weighted by molar-refractivity contribution is 0.197. The van der Waals surface area contributed by atoms with Gasteiger partial charge in [0.25, 0.3) is 0 Å². The molecule has 1 saturated heterocycles. The van der Waals surface area contributed by atoms with Gasteiger partial charge in [-0.1, -0.05) is 18.2 Å². The fraction of sp³-hybridized carbons (Fsp3) is 0.571. The molecule has 1 unspecified atom stereocenters. The van der Waals surface area contributed by atoms with Crippen molar-refractivity contribution in [2.75, 3.05) is 13.1 Å². The average Bonchev–Trinajstić information content (AvgIpc) is 2.85. The van der Waals surface area contributed by atoms with E-state index in [-0.39, 0.29) is 17.4 Å². The molecule has 0 radical (unpaired) electrons. The standard InChI is InChI=1S/C14H19FN2/c15-12-6-2-1-5-11(12)13(14(16)7-8-14)17-9-3-4-10-17/h1-2,5-6,13H,3-4,7-10,16H2. The van der Waals surface area contributed by atoms with Crippen molar-refractivity contribution < 1.29 is 4.39 Å². The number of halogens is 1. The fourth-order valence-corrected chi connectivity index (χ4v) is 2.98. The van der Waals surface area contributed by atoms with Crippen LogP contribution in [0.2, 0.25) is 0 Å². The predicted molar refractivity (Wildman–Crippen MR) is 66.1 cm³/mol. The van der Waals surface area contributed by atoms with Crippen LogP contribution in [0.15, 0.2) is 24.3 Å². The summed E-state index contributed by atoms with van der Waals surface area (Å²) in [6.07, 6.45) is 4.45. The molecule has 2 N–H and O–H groups in total. The van der Waals surface area contributed by atoms with E-state index in [0.29, 0.717) is 0 Å². The van der Waals surface area contributed by atoms with Crippen molar-refractivity contribution in [3.63, 3.8) is 0 Å². The molecule has 3 heteroatoms. The smallest absolute Gasteiger partial charge is 0.128 e. The Hall–Kier alpha value is -0.930. The monoisotopic (exact) mass is 234 g/mol. The molecule has 0 amide bonds. The molecule has 1 aliphatic carbocycles. The lowest BCUT2D eigenvalue weighted by Crippen LogP contribution is -2.42. The first-order chi connectivity index (χ1) is 8.21. The number of rotatable bonds is 3. The van der Waals surface area contributed by atoms with Gasteiger partial charge in [0.05, 0.1) is 6.04 Å². The van der Waals surface area contributed by atoms with Crippen LogP contribution in [0.25, 0.3) is 0 Å². The second-order valence-electron chi connectivity index (χ2n) is 5.40. The number of benzene rings is 1. The van der Waals surface area contributed by atoms with E-state index in [4.69, 9.17) is 5.73 Å². The normalized spacial score (nSPS) is 24.8. The maximum atomic E-state index is 14.0. The summed E-state index contributed by atoms with van der Waals surface area (Å²) in [5, 5.41) is 0. The van der Waals surface area contributed by atoms with Crippen LogP contribution in [-0.4, -0.2) is 23.5 Å². The van der Waals surface area contributed by atoms with Crippen molar-refractivity contribution in [3.8, 4) is 0 Å². The lowest BCUT2D eigenvalue weighted by atomic mass is 9.96. The number of nitrogens with two attached hydrogens (primary N) is 1. The van der Waals surface area contributed by atoms with Crippen LogP contribution < -0.4 is 5.73 Å². The Bertz CT molecular complexity index is 408. The topological polar surface area (TPSA) is 29.3 Å². The van der Waals surface area contributed by atoms with E-state index in [0.717, 1.165) is 31.5 Å². The number of nitrogens with zero attached hydrogens (tertiary/aromatic N) is 1. The highest BCUT2D eigenvalue weighted by molar-refractivity contribution is 5.28. The first kappa shape index (κ1) is 11.2. The molecule has 1 heterocycles. The number of hydrogen-bond acceptors (Lipinski definition) is 2. The minimum Gasteiger partial charge on any atom is -0.323 e. The molecule has 1 saturated carbocycles. The van der Waals surface area contributed by atoms with E-state index in [9.17, 15) is 4.39 Å². The fourth-order valence-electron chi connectivity index (χ4n) is 2.98. The highest BCUT2D eigenvalue weighted by Gasteiger charge is 2.50. The molecule has 2 nitrogen and oxygen atoms in total. The SMILES string of the molecule is NC1(C(c2ccccc2F)N2CCCC2)CC1. The van der Waals surface area contributed by atoms with Gasteiger partial charge in [-0.25, -0.2) is 4.39 Å². The van der Waals surface area contributed by atoms with E-state index >= 15 is 0 Å². The molecule has 17 heavy (non-hydrogen) atoms. The summed E-state index contributed by atoms with van der Waals surface area (Å²) in [4.78, 5) is 2.37. The van der Waals surface area contributed by atoms with Gasteiger partial charge in [0.15, 0.2) is 0 Å². The highest BCUT2D eigenvalue weighted by Crippen LogP contribution is 2.48. The Kier molecular flexibility index (Phi) is 2.68. The second kappa shape index (κ2) is 4.07. The van der Waals surface area contributed by atoms with Crippen molar-refractivity contribution in [1.82, 2.24) is 4.90 Å². The molecule has 3 rings (SSSR count). The maximum absolute atomic E-state index is 14.0. The molecule has 0 spiro atoms. The molecule has 0 bridgehead atoms. The molecule has 2 fully saturated rings. The van der Waals surface area contributed by atoms with Gasteiger partial charge in [-0.15, -0.1) is 0 Å². The van der Waals surface area contributed by atoms with Crippen LogP contribution in [0.5, 0.6) is 0 Å². The van der Waals surface area contributed by atoms with Crippen LogP contribution in [0.4, 0.5) is 4.39 Å². The summed E-state index contributed by atoms with van der Waals surface area (Å²) in [7, 11) is 0. The van der Waals surface area contributed by atoms with Gasteiger partial charge in [0, 0.05) is 11.1 Å². The summed E-state index contributed by atoms with van der Waals surface area (Å²) < 4.78 is 14.0. The predicted octanol–water partition coefficient (Wildman–Crippen LogP) is 2.45. The van der Waals surface area contributed by atoms with Gasteiger partial charge >= 0.3 is 0 Å². The maximum Gasteiger partial charge on any atom is 0.128 e. The van der Waals surface area contributed by atoms with Crippen molar-refractivity contribution in [1.29, 1.82) is 0 Å². The Morgan fingerprint density at radius 1 is 1.18 bits per heavy atom. The van der Waals surface area contributed by atoms with E-state index in [1.54, 1.807) is 12.1 Å². The Morgan fingerprint density at radius 3 is 2.41 bits per heavy atom. The minimum absolute atomic E-state index is 0.0752. The van der Waals surface area contributed by atoms with E-state index in [1.165, 1.54) is 12.8 Å². The van der Waals surface area contributed by atoms with Gasteiger partial charge in [0.1, 0.15) is 5.82 Å². The molecular weight excluding hydrogens is 215 g/mol. The molecule has 1 aromatic rings. The van der Waals surface area contributed by atoms with Gasteiger partial charge in [-0.2, -0.15) is 0 Å². The molecule has 1 aromatic carbocycles. The summed E-state index contributed by atoms with van der Waals surface area (Å²) in [6, 6.07) is 7.17. The second-order valence-corrected chi connectivity index (χ2v) is 5.40. The molecule has 92 valence electrons. The zero-order valence-corrected chi connectivity index (χ0v) is 10.0. The van der Waals surface area contributed by atoms with Gasteiger partial charge < -0.3 is 5.73 Å². The van der Waals surface area contributed by atoms with Crippen LogP contribution in [0.1, 0.15) is 37.3 Å². The summed E-state index contributed by atoms with van der Waals surface area (Å²) >= 11 is 0. The van der Waals surface area contributed by atoms with Crippen LogP contribution in [0, 0.1) is 5.82 Å². The Labute approximate surface area is 102 Å². The van der Waals surface area contributed by atoms with Crippen LogP contribution in [-0.2, 0) is 0 Å². The van der Waals surface area contributed by atoms with Gasteiger partial charge in [-0.05, 0) is 44.8 Å². The quantitative estimate of drug-likeness (QED) is 0.870. The molecule has 2 aliphatic rings. The summed E-state index contributed by atoms with van der Waals surface area (Å²) in [5.74, 6) is -0.110. The van der Waals surface area contributed by atoms with E-state index < -0.39 is 0 Å². The van der Waals surface area contributed by atoms with Crippen molar-refractivity contribution in [2.24, 2.45) is 5.73 Å². The molecular formula is C14H19FN2. The third-order valence-corrected chi connectivity index (χ3v) is 4.08. The summed E-state index contributed by atoms with van der Waals surface area (Å²) in [6.45, 7) is 2.11. The molecule has 1 aliphatic heterocycles. The molecule has 1 atom stereocenters. The Balaban J connectivity index is 1.96. The number of likely N-dealkylation sites (tertiary alicyclic amines) is 1. The Morgan fingerprint density at radius 2 is 1.82 bits per heavy atom. The van der Waals surface area contributed by atoms with E-state index in [1.807, 2.05) is 12.1 Å². The average molecular weight is 234 g/mol. The van der Waals surface area contributed by atoms with Crippen molar-refractivity contribution in [2.45, 2.75) is 37.3 Å². The number of hydrogen-bond donors (Lipinski definition) is 1. The lowest BCUT2D eigenvalue weighted by Gasteiger charge is -2.33. The third kappa shape index (κ3) is 1.98. The largest absolute Gasteiger partial charge is 0.323 e. The van der Waals surface area contributed by atoms with Crippen molar-refractivity contribution in [3.05, 3.63) is 35.6 Å². The van der Waals surface area contributed by atoms with Gasteiger partial charge in [-0.3, -0.25) is 4.90 Å². The first-order valence-corrected chi connectivity index (χ1v) is 6.48. The first-order valence-electron chi connectivity index (χ1n) is 6.48. The molecule has 0 aromatic heterocycles. The highest BCUT2D eigenvalue weighted by atomic mass is 19.1. The van der Waals surface area contributed by atoms with Gasteiger partial charge in [0.2, 0.25) is 0 Å². The van der Waals surface area contributed by atoms with E-state index in [2.05, 4.69) is 4.90 Å². The zero-order chi connectivity index (χ0) is 11.9. The van der Waals surface area contributed by atoms with Crippen LogP contribution >= 0.6 is 0 Å². The summed E-state index contributed by atoms with van der Waals surface area (Å²) in [5.41, 5.74) is 6.96. The third-order valence-electron chi connectivity index (χ3n) is 4.08. The van der Waals surface area contributed by atoms with Crippen LogP contribution in [0.3, 0.4) is 0 Å². The zero-order valence-electron chi connectivity index (χ0n) is 10.0. The minimum atomic E-state index is -0.188.